The van der Waals surface area contributed by atoms with Gasteiger partial charge in [-0.1, -0.05) is 36.4 Å². The molecule has 3 heteroatoms. The number of oxazole rings is 1. The summed E-state index contributed by atoms with van der Waals surface area (Å²) in [5, 5.41) is 0. The molecule has 4 rings (SSSR count). The van der Waals surface area contributed by atoms with Crippen LogP contribution < -0.4 is 0 Å². The zero-order chi connectivity index (χ0) is 13.4. The third-order valence-corrected chi connectivity index (χ3v) is 3.91. The highest BCUT2D eigenvalue weighted by atomic mass is 16.3. The van der Waals surface area contributed by atoms with Gasteiger partial charge in [-0.05, 0) is 29.7 Å². The van der Waals surface area contributed by atoms with Gasteiger partial charge in [-0.3, -0.25) is 4.90 Å². The number of hydrogen-bond donors (Lipinski definition) is 0. The largest absolute Gasteiger partial charge is 0.439 e. The Balaban J connectivity index is 1.55. The Morgan fingerprint density at radius 2 is 1.80 bits per heavy atom. The maximum Gasteiger partial charge on any atom is 0.209 e. The van der Waals surface area contributed by atoms with Gasteiger partial charge in [0.25, 0.3) is 0 Å². The molecule has 0 saturated heterocycles. The van der Waals surface area contributed by atoms with Crippen LogP contribution in [-0.4, -0.2) is 16.4 Å². The fourth-order valence-corrected chi connectivity index (χ4v) is 2.87. The fraction of sp³-hybridized carbons (Fsp3) is 0.235. The first-order valence-corrected chi connectivity index (χ1v) is 7.02. The summed E-state index contributed by atoms with van der Waals surface area (Å²) < 4.78 is 5.81. The van der Waals surface area contributed by atoms with E-state index < -0.39 is 0 Å². The molecule has 0 amide bonds. The van der Waals surface area contributed by atoms with E-state index in [2.05, 4.69) is 34.1 Å². The molecule has 2 aromatic carbocycles. The van der Waals surface area contributed by atoms with Crippen LogP contribution in [0.3, 0.4) is 0 Å². The van der Waals surface area contributed by atoms with Gasteiger partial charge in [0.2, 0.25) is 5.89 Å². The van der Waals surface area contributed by atoms with E-state index >= 15 is 0 Å². The highest BCUT2D eigenvalue weighted by molar-refractivity contribution is 5.72. The molecular weight excluding hydrogens is 248 g/mol. The zero-order valence-corrected chi connectivity index (χ0v) is 11.2. The molecule has 0 unspecified atom stereocenters. The number of fused-ring (bicyclic) bond motifs is 2. The van der Waals surface area contributed by atoms with Gasteiger partial charge in [-0.2, -0.15) is 0 Å². The Kier molecular flexibility index (Phi) is 2.78. The van der Waals surface area contributed by atoms with Crippen LogP contribution in [0.15, 0.2) is 52.9 Å². The molecule has 0 saturated carbocycles. The van der Waals surface area contributed by atoms with E-state index in [-0.39, 0.29) is 0 Å². The fourth-order valence-electron chi connectivity index (χ4n) is 2.87. The first-order valence-electron chi connectivity index (χ1n) is 7.02. The van der Waals surface area contributed by atoms with Crippen molar-refractivity contribution in [3.8, 4) is 0 Å². The van der Waals surface area contributed by atoms with E-state index in [0.29, 0.717) is 0 Å². The molecule has 1 aliphatic rings. The Morgan fingerprint density at radius 3 is 2.70 bits per heavy atom. The van der Waals surface area contributed by atoms with Crippen LogP contribution in [0.5, 0.6) is 0 Å². The quantitative estimate of drug-likeness (QED) is 0.710. The third-order valence-electron chi connectivity index (χ3n) is 3.91. The van der Waals surface area contributed by atoms with Crippen molar-refractivity contribution in [1.82, 2.24) is 9.88 Å². The molecule has 2 heterocycles. The predicted molar refractivity (Wildman–Crippen MR) is 78.3 cm³/mol. The maximum atomic E-state index is 5.81. The van der Waals surface area contributed by atoms with Crippen molar-refractivity contribution >= 4 is 11.1 Å². The lowest BCUT2D eigenvalue weighted by Crippen LogP contribution is -2.30. The molecule has 100 valence electrons. The maximum absolute atomic E-state index is 5.81. The summed E-state index contributed by atoms with van der Waals surface area (Å²) in [5.41, 5.74) is 4.72. The van der Waals surface area contributed by atoms with Crippen molar-refractivity contribution in [3.05, 3.63) is 65.5 Å². The molecule has 3 nitrogen and oxygen atoms in total. The van der Waals surface area contributed by atoms with E-state index in [9.17, 15) is 0 Å². The number of aromatic nitrogens is 1. The Morgan fingerprint density at radius 1 is 1.00 bits per heavy atom. The summed E-state index contributed by atoms with van der Waals surface area (Å²) in [7, 11) is 0. The first kappa shape index (κ1) is 11.7. The minimum atomic E-state index is 0.781. The number of benzene rings is 2. The number of rotatable bonds is 2. The average Bonchev–Trinajstić information content (AvgIpc) is 2.89. The number of hydrogen-bond acceptors (Lipinski definition) is 3. The Hall–Kier alpha value is -2.13. The molecule has 0 spiro atoms. The Bertz CT molecular complexity index is 714. The van der Waals surface area contributed by atoms with Gasteiger partial charge in [0, 0.05) is 13.1 Å². The summed E-state index contributed by atoms with van der Waals surface area (Å²) in [6.45, 7) is 2.83. The van der Waals surface area contributed by atoms with E-state index in [1.165, 1.54) is 11.1 Å². The van der Waals surface area contributed by atoms with E-state index in [0.717, 1.165) is 43.0 Å². The summed E-state index contributed by atoms with van der Waals surface area (Å²) in [4.78, 5) is 6.95. The topological polar surface area (TPSA) is 29.3 Å². The standard InChI is InChI=1S/C17H16N2O/c1-2-6-14-11-19(10-9-13(14)5-1)12-17-18-15-7-3-4-8-16(15)20-17/h1-8H,9-12H2. The lowest BCUT2D eigenvalue weighted by molar-refractivity contribution is 0.223. The number of para-hydroxylation sites is 2. The molecule has 0 bridgehead atoms. The molecule has 0 N–H and O–H groups in total. The smallest absolute Gasteiger partial charge is 0.209 e. The lowest BCUT2D eigenvalue weighted by atomic mass is 10.00. The van der Waals surface area contributed by atoms with E-state index in [1.54, 1.807) is 0 Å². The molecule has 1 aromatic heterocycles. The van der Waals surface area contributed by atoms with Crippen LogP contribution in [0.2, 0.25) is 0 Å². The van der Waals surface area contributed by atoms with Crippen molar-refractivity contribution in [3.63, 3.8) is 0 Å². The van der Waals surface area contributed by atoms with Gasteiger partial charge >= 0.3 is 0 Å². The average molecular weight is 264 g/mol. The van der Waals surface area contributed by atoms with Crippen molar-refractivity contribution in [1.29, 1.82) is 0 Å². The van der Waals surface area contributed by atoms with E-state index in [1.807, 2.05) is 24.3 Å². The normalized spacial score (nSPS) is 15.4. The van der Waals surface area contributed by atoms with Crippen LogP contribution in [0, 0.1) is 0 Å². The van der Waals surface area contributed by atoms with Crippen molar-refractivity contribution in [2.45, 2.75) is 19.5 Å². The summed E-state index contributed by atoms with van der Waals surface area (Å²) in [5.74, 6) is 0.811. The first-order chi connectivity index (χ1) is 9.88. The SMILES string of the molecule is c1ccc2c(c1)CCN(Cc1nc3ccccc3o1)C2. The summed E-state index contributed by atoms with van der Waals surface area (Å²) in [6.07, 6.45) is 1.11. The summed E-state index contributed by atoms with van der Waals surface area (Å²) in [6, 6.07) is 16.6. The zero-order valence-electron chi connectivity index (χ0n) is 11.2. The highest BCUT2D eigenvalue weighted by Gasteiger charge is 2.17. The third kappa shape index (κ3) is 2.10. The molecule has 0 atom stereocenters. The second-order valence-electron chi connectivity index (χ2n) is 5.30. The number of nitrogens with zero attached hydrogens (tertiary/aromatic N) is 2. The lowest BCUT2D eigenvalue weighted by Gasteiger charge is -2.27. The van der Waals surface area contributed by atoms with Crippen molar-refractivity contribution in [2.24, 2.45) is 0 Å². The predicted octanol–water partition coefficient (Wildman–Crippen LogP) is 3.39. The minimum absolute atomic E-state index is 0.781. The molecule has 1 aliphatic heterocycles. The van der Waals surface area contributed by atoms with Gasteiger partial charge in [-0.15, -0.1) is 0 Å². The minimum Gasteiger partial charge on any atom is -0.439 e. The second kappa shape index (κ2) is 4.76. The molecule has 0 radical (unpaired) electrons. The highest BCUT2D eigenvalue weighted by Crippen LogP contribution is 2.21. The van der Waals surface area contributed by atoms with Crippen LogP contribution in [0.1, 0.15) is 17.0 Å². The molecule has 0 fully saturated rings. The molecule has 3 aromatic rings. The van der Waals surface area contributed by atoms with Gasteiger partial charge < -0.3 is 4.42 Å². The van der Waals surface area contributed by atoms with Crippen LogP contribution >= 0.6 is 0 Å². The van der Waals surface area contributed by atoms with Crippen LogP contribution in [-0.2, 0) is 19.5 Å². The molecule has 20 heavy (non-hydrogen) atoms. The summed E-state index contributed by atoms with van der Waals surface area (Å²) >= 11 is 0. The Labute approximate surface area is 117 Å². The van der Waals surface area contributed by atoms with Crippen LogP contribution in [0.25, 0.3) is 11.1 Å². The van der Waals surface area contributed by atoms with Gasteiger partial charge in [0.15, 0.2) is 5.58 Å². The van der Waals surface area contributed by atoms with Gasteiger partial charge in [0.05, 0.1) is 6.54 Å². The van der Waals surface area contributed by atoms with Crippen molar-refractivity contribution in [2.75, 3.05) is 6.54 Å². The van der Waals surface area contributed by atoms with Crippen LogP contribution in [0.4, 0.5) is 0 Å². The van der Waals surface area contributed by atoms with Gasteiger partial charge in [0.1, 0.15) is 5.52 Å². The molecule has 0 aliphatic carbocycles. The van der Waals surface area contributed by atoms with Crippen molar-refractivity contribution < 1.29 is 4.42 Å². The monoisotopic (exact) mass is 264 g/mol. The van der Waals surface area contributed by atoms with Gasteiger partial charge in [-0.25, -0.2) is 4.98 Å². The second-order valence-corrected chi connectivity index (χ2v) is 5.30. The molecular formula is C17H16N2O. The van der Waals surface area contributed by atoms with E-state index in [4.69, 9.17) is 4.42 Å².